The fraction of sp³-hybridized carbons (Fsp3) is 0.242. The summed E-state index contributed by atoms with van der Waals surface area (Å²) in [6.45, 7) is 7.89. The van der Waals surface area contributed by atoms with Crippen LogP contribution in [0, 0.1) is 0 Å². The van der Waals surface area contributed by atoms with E-state index in [4.69, 9.17) is 25.8 Å². The average molecular weight is 682 g/mol. The van der Waals surface area contributed by atoms with Gasteiger partial charge in [-0.25, -0.2) is 9.79 Å². The number of ether oxygens (including phenoxy) is 3. The van der Waals surface area contributed by atoms with Crippen molar-refractivity contribution >= 4 is 50.9 Å². The van der Waals surface area contributed by atoms with E-state index in [0.717, 1.165) is 10.0 Å². The molecule has 222 valence electrons. The molecule has 1 aliphatic rings. The van der Waals surface area contributed by atoms with Gasteiger partial charge in [-0.3, -0.25) is 9.36 Å². The molecule has 0 fully saturated rings. The zero-order valence-electron chi connectivity index (χ0n) is 24.1. The largest absolute Gasteiger partial charge is 0.491 e. The lowest BCUT2D eigenvalue weighted by molar-refractivity contribution is -0.139. The van der Waals surface area contributed by atoms with Crippen LogP contribution in [0.3, 0.4) is 0 Å². The summed E-state index contributed by atoms with van der Waals surface area (Å²) in [7, 11) is 0. The minimum Gasteiger partial charge on any atom is -0.491 e. The quantitative estimate of drug-likeness (QED) is 0.187. The lowest BCUT2D eigenvalue weighted by Gasteiger charge is -2.26. The highest BCUT2D eigenvalue weighted by atomic mass is 79.9. The average Bonchev–Trinajstić information content (AvgIpc) is 3.27. The number of aromatic nitrogens is 1. The number of hydrogen-bond acceptors (Lipinski definition) is 7. The summed E-state index contributed by atoms with van der Waals surface area (Å²) in [5.74, 6) is 0.627. The molecule has 4 aromatic rings. The van der Waals surface area contributed by atoms with Gasteiger partial charge >= 0.3 is 5.97 Å². The second-order valence-corrected chi connectivity index (χ2v) is 12.5. The number of carbonyl (C=O) groups is 1. The van der Waals surface area contributed by atoms with E-state index in [1.165, 1.54) is 11.3 Å². The summed E-state index contributed by atoms with van der Waals surface area (Å²) in [4.78, 5) is 32.6. The molecule has 0 unspecified atom stereocenters. The maximum absolute atomic E-state index is 14.2. The van der Waals surface area contributed by atoms with Crippen LogP contribution in [0.1, 0.15) is 50.4 Å². The van der Waals surface area contributed by atoms with Crippen molar-refractivity contribution < 1.29 is 19.0 Å². The van der Waals surface area contributed by atoms with Crippen LogP contribution < -0.4 is 24.4 Å². The topological polar surface area (TPSA) is 79.1 Å². The third-order valence-corrected chi connectivity index (χ3v) is 8.41. The van der Waals surface area contributed by atoms with Crippen molar-refractivity contribution in [1.29, 1.82) is 0 Å². The van der Waals surface area contributed by atoms with Crippen molar-refractivity contribution in [3.63, 3.8) is 0 Å². The molecule has 0 aliphatic carbocycles. The van der Waals surface area contributed by atoms with Crippen LogP contribution >= 0.6 is 38.9 Å². The first kappa shape index (κ1) is 30.8. The van der Waals surface area contributed by atoms with Crippen LogP contribution in [0.2, 0.25) is 5.02 Å². The monoisotopic (exact) mass is 680 g/mol. The minimum absolute atomic E-state index is 0.119. The van der Waals surface area contributed by atoms with Crippen molar-refractivity contribution in [3.8, 4) is 11.5 Å². The molecule has 1 atom stereocenters. The number of thiazole rings is 1. The van der Waals surface area contributed by atoms with Crippen molar-refractivity contribution in [2.45, 2.75) is 46.4 Å². The lowest BCUT2D eigenvalue weighted by Crippen LogP contribution is -2.40. The van der Waals surface area contributed by atoms with Gasteiger partial charge in [0.05, 0.1) is 28.5 Å². The molecule has 7 nitrogen and oxygen atoms in total. The highest BCUT2D eigenvalue weighted by molar-refractivity contribution is 9.10. The summed E-state index contributed by atoms with van der Waals surface area (Å²) < 4.78 is 20.6. The molecular weight excluding hydrogens is 652 g/mol. The van der Waals surface area contributed by atoms with E-state index < -0.39 is 12.0 Å². The van der Waals surface area contributed by atoms with Crippen LogP contribution in [0.4, 0.5) is 0 Å². The number of esters is 1. The molecule has 0 saturated heterocycles. The molecule has 0 radical (unpaired) electrons. The number of benzene rings is 3. The molecule has 10 heteroatoms. The summed E-state index contributed by atoms with van der Waals surface area (Å²) in [5, 5.41) is 0.507. The molecule has 0 spiro atoms. The van der Waals surface area contributed by atoms with Crippen LogP contribution in [0.5, 0.6) is 11.5 Å². The number of allylic oxidation sites excluding steroid dienone is 1. The molecule has 1 aromatic heterocycles. The number of rotatable bonds is 9. The Bertz CT molecular complexity index is 1880. The normalized spacial score (nSPS) is 14.9. The van der Waals surface area contributed by atoms with E-state index >= 15 is 0 Å². The van der Waals surface area contributed by atoms with Gasteiger partial charge in [0, 0.05) is 20.6 Å². The summed E-state index contributed by atoms with van der Waals surface area (Å²) in [6.07, 6.45) is 1.63. The van der Waals surface area contributed by atoms with Gasteiger partial charge in [0.15, 0.2) is 4.80 Å². The van der Waals surface area contributed by atoms with Crippen LogP contribution in [-0.2, 0) is 16.1 Å². The molecule has 2 heterocycles. The van der Waals surface area contributed by atoms with E-state index in [1.807, 2.05) is 62.4 Å². The molecule has 0 saturated carbocycles. The molecule has 5 rings (SSSR count). The zero-order chi connectivity index (χ0) is 30.7. The first-order valence-electron chi connectivity index (χ1n) is 13.8. The smallest absolute Gasteiger partial charge is 0.338 e. The number of halogens is 2. The van der Waals surface area contributed by atoms with Gasteiger partial charge < -0.3 is 14.2 Å². The van der Waals surface area contributed by atoms with Crippen LogP contribution in [-0.4, -0.2) is 23.2 Å². The van der Waals surface area contributed by atoms with E-state index in [-0.39, 0.29) is 18.3 Å². The van der Waals surface area contributed by atoms with Gasteiger partial charge in [-0.1, -0.05) is 69.2 Å². The first-order valence-corrected chi connectivity index (χ1v) is 15.8. The molecule has 0 amide bonds. The third kappa shape index (κ3) is 6.79. The zero-order valence-corrected chi connectivity index (χ0v) is 27.3. The second kappa shape index (κ2) is 13.3. The van der Waals surface area contributed by atoms with E-state index in [9.17, 15) is 9.59 Å². The first-order chi connectivity index (χ1) is 20.7. The van der Waals surface area contributed by atoms with Crippen molar-refractivity contribution in [3.05, 3.63) is 124 Å². The SMILES string of the molecule is CCOC(=O)C1=C(C)N=c2s/c(=C\c3cc(Cl)ccc3OCc3ccc(Br)cc3)c(=O)n2[C@@H]1c1ccccc1OC(C)C. The van der Waals surface area contributed by atoms with Gasteiger partial charge in [-0.15, -0.1) is 0 Å². The molecule has 3 aromatic carbocycles. The fourth-order valence-electron chi connectivity index (χ4n) is 4.80. The molecule has 1 aliphatic heterocycles. The van der Waals surface area contributed by atoms with E-state index in [0.29, 0.717) is 54.9 Å². The lowest BCUT2D eigenvalue weighted by atomic mass is 9.95. The van der Waals surface area contributed by atoms with Crippen molar-refractivity contribution in [2.75, 3.05) is 6.61 Å². The second-order valence-electron chi connectivity index (χ2n) is 10.1. The van der Waals surface area contributed by atoms with Gasteiger partial charge in [0.1, 0.15) is 24.1 Å². The van der Waals surface area contributed by atoms with Crippen LogP contribution in [0.25, 0.3) is 6.08 Å². The summed E-state index contributed by atoms with van der Waals surface area (Å²) in [6, 6.07) is 19.8. The Morgan fingerprint density at radius 2 is 1.86 bits per heavy atom. The standard InChI is InChI=1S/C33H30BrClN2O5S/c1-5-40-32(39)29-20(4)36-33-37(30(29)25-8-6-7-9-27(25)42-19(2)3)31(38)28(43-33)17-22-16-24(35)14-15-26(22)41-18-21-10-12-23(34)13-11-21/h6-17,19,30H,5,18H2,1-4H3/b28-17-/t30-/m1/s1. The maximum atomic E-state index is 14.2. The summed E-state index contributed by atoms with van der Waals surface area (Å²) >= 11 is 11.1. The number of para-hydroxylation sites is 1. The van der Waals surface area contributed by atoms with E-state index in [1.54, 1.807) is 42.7 Å². The fourth-order valence-corrected chi connectivity index (χ4v) is 6.28. The Morgan fingerprint density at radius 1 is 1.12 bits per heavy atom. The van der Waals surface area contributed by atoms with Gasteiger partial charge in [0.25, 0.3) is 5.56 Å². The molecule has 43 heavy (non-hydrogen) atoms. The number of nitrogens with zero attached hydrogens (tertiary/aromatic N) is 2. The van der Waals surface area contributed by atoms with Crippen LogP contribution in [0.15, 0.2) is 92.3 Å². The van der Waals surface area contributed by atoms with Gasteiger partial charge in [0.2, 0.25) is 0 Å². The molecule has 0 N–H and O–H groups in total. The molecular formula is C33H30BrClN2O5S. The Balaban J connectivity index is 1.64. The van der Waals surface area contributed by atoms with Crippen molar-refractivity contribution in [2.24, 2.45) is 4.99 Å². The highest BCUT2D eigenvalue weighted by Crippen LogP contribution is 2.36. The predicted octanol–water partition coefficient (Wildman–Crippen LogP) is 6.58. The number of carbonyl (C=O) groups excluding carboxylic acids is 1. The Hall–Kier alpha value is -3.66. The number of hydrogen-bond donors (Lipinski definition) is 0. The van der Waals surface area contributed by atoms with Gasteiger partial charge in [-0.05, 0) is 75.7 Å². The minimum atomic E-state index is -0.792. The maximum Gasteiger partial charge on any atom is 0.338 e. The Morgan fingerprint density at radius 3 is 2.58 bits per heavy atom. The highest BCUT2D eigenvalue weighted by Gasteiger charge is 2.35. The predicted molar refractivity (Wildman–Crippen MR) is 173 cm³/mol. The van der Waals surface area contributed by atoms with E-state index in [2.05, 4.69) is 20.9 Å². The van der Waals surface area contributed by atoms with Gasteiger partial charge in [-0.2, -0.15) is 0 Å². The van der Waals surface area contributed by atoms with Crippen molar-refractivity contribution in [1.82, 2.24) is 4.57 Å². The third-order valence-electron chi connectivity index (χ3n) is 6.66. The number of fused-ring (bicyclic) bond motifs is 1. The molecule has 0 bridgehead atoms. The Kier molecular flexibility index (Phi) is 9.54. The summed E-state index contributed by atoms with van der Waals surface area (Å²) in [5.41, 5.74) is 2.78. The Labute approximate surface area is 266 Å².